The Balaban J connectivity index is 4.13. The van der Waals surface area contributed by atoms with E-state index in [1.807, 2.05) is 0 Å². The Morgan fingerprint density at radius 1 is 1.62 bits per heavy atom. The molecule has 0 spiro atoms. The molecule has 1 unspecified atom stereocenters. The summed E-state index contributed by atoms with van der Waals surface area (Å²) in [6, 6.07) is 0. The second-order valence-corrected chi connectivity index (χ2v) is 2.57. The van der Waals surface area contributed by atoms with Crippen molar-refractivity contribution in [2.45, 2.75) is 19.8 Å². The highest BCUT2D eigenvalue weighted by Gasteiger charge is 2.21. The van der Waals surface area contributed by atoms with Crippen LogP contribution in [0.1, 0.15) is 19.8 Å². The lowest BCUT2D eigenvalue weighted by atomic mass is 10.0. The summed E-state index contributed by atoms with van der Waals surface area (Å²) in [6.45, 7) is 5.40. The lowest BCUT2D eigenvalue weighted by Gasteiger charge is -2.10. The number of carbonyl (C=O) groups is 2. The number of hydrogen-bond acceptors (Lipinski definition) is 3. The van der Waals surface area contributed by atoms with Crippen LogP contribution in [-0.2, 0) is 14.3 Å². The molecule has 74 valence electrons. The zero-order chi connectivity index (χ0) is 10.3. The second kappa shape index (κ2) is 6.22. The van der Waals surface area contributed by atoms with E-state index < -0.39 is 17.9 Å². The van der Waals surface area contributed by atoms with E-state index in [0.29, 0.717) is 6.42 Å². The topological polar surface area (TPSA) is 63.6 Å². The Kier molecular flexibility index (Phi) is 5.59. The first-order valence-corrected chi connectivity index (χ1v) is 4.11. The third-order valence-corrected chi connectivity index (χ3v) is 1.49. The van der Waals surface area contributed by atoms with E-state index in [1.54, 1.807) is 6.92 Å². The van der Waals surface area contributed by atoms with E-state index in [0.717, 1.165) is 0 Å². The van der Waals surface area contributed by atoms with Crippen LogP contribution in [0.15, 0.2) is 12.7 Å². The van der Waals surface area contributed by atoms with Crippen molar-refractivity contribution in [3.8, 4) is 0 Å². The van der Waals surface area contributed by atoms with Gasteiger partial charge in [0.05, 0.1) is 18.9 Å². The zero-order valence-electron chi connectivity index (χ0n) is 7.66. The largest absolute Gasteiger partial charge is 0.481 e. The minimum atomic E-state index is -1.00. The number of ether oxygens (including phenoxy) is 1. The SMILES string of the molecule is C=CCC(CC(=O)O)C(=O)OCC. The van der Waals surface area contributed by atoms with Gasteiger partial charge in [-0.3, -0.25) is 9.59 Å². The van der Waals surface area contributed by atoms with Crippen LogP contribution in [0.3, 0.4) is 0 Å². The van der Waals surface area contributed by atoms with Crippen molar-refractivity contribution in [2.24, 2.45) is 5.92 Å². The highest BCUT2D eigenvalue weighted by Crippen LogP contribution is 2.11. The Morgan fingerprint density at radius 2 is 2.23 bits per heavy atom. The summed E-state index contributed by atoms with van der Waals surface area (Å²) < 4.78 is 4.71. The van der Waals surface area contributed by atoms with Gasteiger partial charge in [-0.25, -0.2) is 0 Å². The number of carboxylic acid groups (broad SMARTS) is 1. The van der Waals surface area contributed by atoms with E-state index in [4.69, 9.17) is 9.84 Å². The van der Waals surface area contributed by atoms with E-state index in [2.05, 4.69) is 6.58 Å². The molecule has 0 aliphatic rings. The van der Waals surface area contributed by atoms with Crippen LogP contribution in [0.2, 0.25) is 0 Å². The molecule has 0 aliphatic carbocycles. The van der Waals surface area contributed by atoms with Crippen molar-refractivity contribution in [3.63, 3.8) is 0 Å². The van der Waals surface area contributed by atoms with Gasteiger partial charge in [0.15, 0.2) is 0 Å². The molecule has 0 aliphatic heterocycles. The number of rotatable bonds is 6. The highest BCUT2D eigenvalue weighted by molar-refractivity contribution is 5.79. The Bertz CT molecular complexity index is 198. The van der Waals surface area contributed by atoms with Crippen LogP contribution in [0.5, 0.6) is 0 Å². The molecule has 0 aromatic carbocycles. The zero-order valence-corrected chi connectivity index (χ0v) is 7.66. The summed E-state index contributed by atoms with van der Waals surface area (Å²) >= 11 is 0. The molecule has 0 saturated heterocycles. The van der Waals surface area contributed by atoms with E-state index in [-0.39, 0.29) is 13.0 Å². The number of carboxylic acids is 1. The van der Waals surface area contributed by atoms with Crippen molar-refractivity contribution < 1.29 is 19.4 Å². The summed E-state index contributed by atoms with van der Waals surface area (Å²) in [6.07, 6.45) is 1.65. The normalized spacial score (nSPS) is 11.8. The monoisotopic (exact) mass is 186 g/mol. The Morgan fingerprint density at radius 3 is 2.62 bits per heavy atom. The summed E-state index contributed by atoms with van der Waals surface area (Å²) in [7, 11) is 0. The van der Waals surface area contributed by atoms with Gasteiger partial charge in [0, 0.05) is 0 Å². The maximum Gasteiger partial charge on any atom is 0.309 e. The number of aliphatic carboxylic acids is 1. The molecule has 0 aromatic rings. The van der Waals surface area contributed by atoms with Crippen molar-refractivity contribution in [1.82, 2.24) is 0 Å². The molecule has 1 N–H and O–H groups in total. The minimum Gasteiger partial charge on any atom is -0.481 e. The van der Waals surface area contributed by atoms with Gasteiger partial charge in [0.1, 0.15) is 0 Å². The van der Waals surface area contributed by atoms with E-state index >= 15 is 0 Å². The molecule has 0 fully saturated rings. The van der Waals surface area contributed by atoms with Crippen LogP contribution in [0.25, 0.3) is 0 Å². The number of esters is 1. The summed E-state index contributed by atoms with van der Waals surface area (Å²) in [5.74, 6) is -2.07. The van der Waals surface area contributed by atoms with Crippen LogP contribution < -0.4 is 0 Å². The fourth-order valence-electron chi connectivity index (χ4n) is 0.935. The smallest absolute Gasteiger partial charge is 0.309 e. The molecule has 0 bridgehead atoms. The van der Waals surface area contributed by atoms with Gasteiger partial charge in [-0.2, -0.15) is 0 Å². The standard InChI is InChI=1S/C9H14O4/c1-3-5-7(6-8(10)11)9(12)13-4-2/h3,7H,1,4-6H2,2H3,(H,10,11). The highest BCUT2D eigenvalue weighted by atomic mass is 16.5. The number of allylic oxidation sites excluding steroid dienone is 1. The Hall–Kier alpha value is -1.32. The minimum absolute atomic E-state index is 0.204. The van der Waals surface area contributed by atoms with Crippen LogP contribution >= 0.6 is 0 Å². The Labute approximate surface area is 77.2 Å². The molecule has 0 saturated carbocycles. The third kappa shape index (κ3) is 5.00. The summed E-state index contributed by atoms with van der Waals surface area (Å²) in [4.78, 5) is 21.5. The van der Waals surface area contributed by atoms with Gasteiger partial charge in [0.25, 0.3) is 0 Å². The average Bonchev–Trinajstić information content (AvgIpc) is 2.03. The molecule has 13 heavy (non-hydrogen) atoms. The van der Waals surface area contributed by atoms with Gasteiger partial charge in [-0.1, -0.05) is 6.08 Å². The molecule has 4 heteroatoms. The third-order valence-electron chi connectivity index (χ3n) is 1.49. The molecular weight excluding hydrogens is 172 g/mol. The molecule has 0 heterocycles. The van der Waals surface area contributed by atoms with Gasteiger partial charge < -0.3 is 9.84 Å². The predicted molar refractivity (Wildman–Crippen MR) is 47.2 cm³/mol. The van der Waals surface area contributed by atoms with Crippen LogP contribution in [0, 0.1) is 5.92 Å². The molecule has 1 atom stereocenters. The van der Waals surface area contributed by atoms with Crippen molar-refractivity contribution >= 4 is 11.9 Å². The lowest BCUT2D eigenvalue weighted by molar-refractivity contribution is -0.152. The molecule has 4 nitrogen and oxygen atoms in total. The maximum absolute atomic E-state index is 11.1. The fourth-order valence-corrected chi connectivity index (χ4v) is 0.935. The van der Waals surface area contributed by atoms with Gasteiger partial charge >= 0.3 is 11.9 Å². The predicted octanol–water partition coefficient (Wildman–Crippen LogP) is 1.22. The summed E-state index contributed by atoms with van der Waals surface area (Å²) in [5, 5.41) is 8.49. The van der Waals surface area contributed by atoms with Crippen molar-refractivity contribution in [2.75, 3.05) is 6.61 Å². The first kappa shape index (κ1) is 11.7. The maximum atomic E-state index is 11.1. The fraction of sp³-hybridized carbons (Fsp3) is 0.556. The number of hydrogen-bond donors (Lipinski definition) is 1. The quantitative estimate of drug-likeness (QED) is 0.500. The van der Waals surface area contributed by atoms with Gasteiger partial charge in [-0.15, -0.1) is 6.58 Å². The van der Waals surface area contributed by atoms with E-state index in [9.17, 15) is 9.59 Å². The molecule has 0 radical (unpaired) electrons. The van der Waals surface area contributed by atoms with Crippen molar-refractivity contribution in [1.29, 1.82) is 0 Å². The molecule has 0 rings (SSSR count). The van der Waals surface area contributed by atoms with E-state index in [1.165, 1.54) is 6.08 Å². The van der Waals surface area contributed by atoms with Gasteiger partial charge in [-0.05, 0) is 13.3 Å². The van der Waals surface area contributed by atoms with Crippen LogP contribution in [0.4, 0.5) is 0 Å². The second-order valence-electron chi connectivity index (χ2n) is 2.57. The molecule has 0 aromatic heterocycles. The number of carbonyl (C=O) groups excluding carboxylic acids is 1. The van der Waals surface area contributed by atoms with Gasteiger partial charge in [0.2, 0.25) is 0 Å². The molecular formula is C9H14O4. The lowest BCUT2D eigenvalue weighted by Crippen LogP contribution is -2.20. The average molecular weight is 186 g/mol. The van der Waals surface area contributed by atoms with Crippen molar-refractivity contribution in [3.05, 3.63) is 12.7 Å². The molecule has 0 amide bonds. The first-order valence-electron chi connectivity index (χ1n) is 4.11. The van der Waals surface area contributed by atoms with Crippen LogP contribution in [-0.4, -0.2) is 23.7 Å². The first-order chi connectivity index (χ1) is 6.11. The summed E-state index contributed by atoms with van der Waals surface area (Å²) in [5.41, 5.74) is 0.